The van der Waals surface area contributed by atoms with Crippen LogP contribution in [0.1, 0.15) is 42.3 Å². The lowest BCUT2D eigenvalue weighted by Gasteiger charge is -2.23. The van der Waals surface area contributed by atoms with Crippen molar-refractivity contribution in [2.45, 2.75) is 46.8 Å². The number of guanidine groups is 1. The SMILES string of the molecule is CCNC(=NCc1ccccc1-n1nc(C)cc1C)NCC(C)(O)c1ccc(C)o1.I. The topological polar surface area (TPSA) is 87.6 Å². The average molecular weight is 537 g/mol. The number of nitrogens with one attached hydrogen (secondary N) is 2. The summed E-state index contributed by atoms with van der Waals surface area (Å²) in [7, 11) is 0. The molecule has 0 radical (unpaired) electrons. The number of nitrogens with zero attached hydrogens (tertiary/aromatic N) is 3. The van der Waals surface area contributed by atoms with Gasteiger partial charge < -0.3 is 20.2 Å². The molecule has 1 atom stereocenters. The van der Waals surface area contributed by atoms with Gasteiger partial charge >= 0.3 is 0 Å². The van der Waals surface area contributed by atoms with Crippen LogP contribution in [0, 0.1) is 20.8 Å². The van der Waals surface area contributed by atoms with Crippen molar-refractivity contribution in [3.8, 4) is 5.69 Å². The van der Waals surface area contributed by atoms with Crippen LogP contribution >= 0.6 is 24.0 Å². The Hall–Kier alpha value is -2.33. The Balaban J connectivity index is 0.00000341. The molecule has 2 heterocycles. The van der Waals surface area contributed by atoms with Gasteiger partial charge in [-0.2, -0.15) is 5.10 Å². The number of hydrogen-bond donors (Lipinski definition) is 3. The predicted octanol–water partition coefficient (Wildman–Crippen LogP) is 3.97. The van der Waals surface area contributed by atoms with E-state index < -0.39 is 5.60 Å². The van der Waals surface area contributed by atoms with E-state index in [1.165, 1.54) is 0 Å². The maximum Gasteiger partial charge on any atom is 0.191 e. The summed E-state index contributed by atoms with van der Waals surface area (Å²) >= 11 is 0. The Bertz CT molecular complexity index is 1020. The first kappa shape index (κ1) is 24.9. The van der Waals surface area contributed by atoms with Gasteiger partial charge in [-0.3, -0.25) is 0 Å². The maximum absolute atomic E-state index is 10.8. The number of hydrogen-bond acceptors (Lipinski definition) is 4. The Morgan fingerprint density at radius 1 is 1.16 bits per heavy atom. The minimum Gasteiger partial charge on any atom is -0.463 e. The van der Waals surface area contributed by atoms with E-state index >= 15 is 0 Å². The molecule has 3 rings (SSSR count). The highest BCUT2D eigenvalue weighted by atomic mass is 127. The molecule has 0 bridgehead atoms. The second-order valence-electron chi connectivity index (χ2n) is 7.70. The molecule has 0 spiro atoms. The van der Waals surface area contributed by atoms with E-state index in [1.807, 2.05) is 50.6 Å². The molecule has 3 aromatic rings. The maximum atomic E-state index is 10.8. The Morgan fingerprint density at radius 2 is 1.90 bits per heavy atom. The van der Waals surface area contributed by atoms with Crippen LogP contribution in [0.3, 0.4) is 0 Å². The molecule has 0 aliphatic heterocycles. The molecule has 0 amide bonds. The number of aliphatic hydroxyl groups is 1. The van der Waals surface area contributed by atoms with E-state index in [-0.39, 0.29) is 30.5 Å². The van der Waals surface area contributed by atoms with Crippen molar-refractivity contribution < 1.29 is 9.52 Å². The van der Waals surface area contributed by atoms with Crippen molar-refractivity contribution in [1.82, 2.24) is 20.4 Å². The van der Waals surface area contributed by atoms with Gasteiger partial charge in [-0.05, 0) is 64.4 Å². The zero-order valence-corrected chi connectivity index (χ0v) is 21.1. The van der Waals surface area contributed by atoms with E-state index in [4.69, 9.17) is 9.41 Å². The fraction of sp³-hybridized carbons (Fsp3) is 0.391. The summed E-state index contributed by atoms with van der Waals surface area (Å²) in [5.41, 5.74) is 3.00. The lowest BCUT2D eigenvalue weighted by Crippen LogP contribution is -2.44. The average Bonchev–Trinajstić information content (AvgIpc) is 3.29. The van der Waals surface area contributed by atoms with Crippen molar-refractivity contribution in [3.63, 3.8) is 0 Å². The molecule has 0 aliphatic carbocycles. The summed E-state index contributed by atoms with van der Waals surface area (Å²) in [5.74, 6) is 1.93. The second-order valence-corrected chi connectivity index (χ2v) is 7.70. The van der Waals surface area contributed by atoms with Crippen LogP contribution in [0.15, 0.2) is 51.9 Å². The van der Waals surface area contributed by atoms with Gasteiger partial charge in [-0.1, -0.05) is 18.2 Å². The molecule has 1 aromatic carbocycles. The number of benzene rings is 1. The van der Waals surface area contributed by atoms with Crippen molar-refractivity contribution in [2.75, 3.05) is 13.1 Å². The lowest BCUT2D eigenvalue weighted by molar-refractivity contribution is 0.0378. The van der Waals surface area contributed by atoms with Crippen LogP contribution < -0.4 is 10.6 Å². The van der Waals surface area contributed by atoms with E-state index in [2.05, 4.69) is 33.9 Å². The molecule has 0 aliphatic rings. The van der Waals surface area contributed by atoms with Crippen molar-refractivity contribution >= 4 is 29.9 Å². The van der Waals surface area contributed by atoms with E-state index in [0.717, 1.165) is 28.4 Å². The third kappa shape index (κ3) is 6.33. The second kappa shape index (κ2) is 10.8. The number of para-hydroxylation sites is 1. The van der Waals surface area contributed by atoms with Crippen LogP contribution in [0.5, 0.6) is 0 Å². The van der Waals surface area contributed by atoms with Crippen LogP contribution in [0.4, 0.5) is 0 Å². The number of furan rings is 1. The fourth-order valence-corrected chi connectivity index (χ4v) is 3.30. The third-order valence-electron chi connectivity index (χ3n) is 4.85. The zero-order chi connectivity index (χ0) is 21.7. The molecular weight excluding hydrogens is 505 g/mol. The molecule has 168 valence electrons. The normalized spacial score (nSPS) is 13.4. The minimum atomic E-state index is -1.15. The van der Waals surface area contributed by atoms with Crippen molar-refractivity contribution in [2.24, 2.45) is 4.99 Å². The van der Waals surface area contributed by atoms with Crippen molar-refractivity contribution in [1.29, 1.82) is 0 Å². The van der Waals surface area contributed by atoms with Gasteiger partial charge in [0.1, 0.15) is 17.1 Å². The number of rotatable bonds is 7. The summed E-state index contributed by atoms with van der Waals surface area (Å²) in [6.45, 7) is 11.1. The fourth-order valence-electron chi connectivity index (χ4n) is 3.30. The molecule has 3 N–H and O–H groups in total. The van der Waals surface area contributed by atoms with Crippen LogP contribution in [-0.2, 0) is 12.1 Å². The largest absolute Gasteiger partial charge is 0.463 e. The van der Waals surface area contributed by atoms with Gasteiger partial charge in [0.05, 0.1) is 24.5 Å². The molecule has 1 unspecified atom stereocenters. The number of aryl methyl sites for hydroxylation is 3. The summed E-state index contributed by atoms with van der Waals surface area (Å²) in [6, 6.07) is 13.8. The number of halogens is 1. The summed E-state index contributed by atoms with van der Waals surface area (Å²) in [6.07, 6.45) is 0. The highest BCUT2D eigenvalue weighted by Crippen LogP contribution is 2.22. The van der Waals surface area contributed by atoms with Gasteiger partial charge in [-0.15, -0.1) is 24.0 Å². The third-order valence-corrected chi connectivity index (χ3v) is 4.85. The number of aliphatic imine (C=N–C) groups is 1. The Morgan fingerprint density at radius 3 is 2.52 bits per heavy atom. The first-order valence-electron chi connectivity index (χ1n) is 10.2. The molecule has 0 saturated heterocycles. The minimum absolute atomic E-state index is 0. The highest BCUT2D eigenvalue weighted by Gasteiger charge is 2.27. The first-order valence-corrected chi connectivity index (χ1v) is 10.2. The van der Waals surface area contributed by atoms with E-state index in [0.29, 0.717) is 24.8 Å². The molecule has 8 heteroatoms. The standard InChI is InChI=1S/C23H31N5O2.HI/c1-6-24-22(26-15-23(5,29)21-12-11-18(4)30-21)25-14-19-9-7-8-10-20(19)28-17(3)13-16(2)27-28;/h7-13,29H,6,14-15H2,1-5H3,(H2,24,25,26);1H. The zero-order valence-electron chi connectivity index (χ0n) is 18.8. The van der Waals surface area contributed by atoms with Gasteiger partial charge in [0.25, 0.3) is 0 Å². The van der Waals surface area contributed by atoms with Crippen molar-refractivity contribution in [3.05, 3.63) is 70.9 Å². The Labute approximate surface area is 201 Å². The molecular formula is C23H32IN5O2. The molecule has 31 heavy (non-hydrogen) atoms. The summed E-state index contributed by atoms with van der Waals surface area (Å²) < 4.78 is 7.54. The molecule has 2 aromatic heterocycles. The van der Waals surface area contributed by atoms with Crippen LogP contribution in [0.2, 0.25) is 0 Å². The van der Waals surface area contributed by atoms with Gasteiger partial charge in [0.15, 0.2) is 5.96 Å². The molecule has 0 saturated carbocycles. The smallest absolute Gasteiger partial charge is 0.191 e. The number of aromatic nitrogens is 2. The van der Waals surface area contributed by atoms with Crippen LogP contribution in [0.25, 0.3) is 5.69 Å². The first-order chi connectivity index (χ1) is 14.3. The monoisotopic (exact) mass is 537 g/mol. The van der Waals surface area contributed by atoms with Gasteiger partial charge in [0, 0.05) is 12.2 Å². The molecule has 7 nitrogen and oxygen atoms in total. The van der Waals surface area contributed by atoms with Gasteiger partial charge in [-0.25, -0.2) is 9.67 Å². The highest BCUT2D eigenvalue weighted by molar-refractivity contribution is 14.0. The van der Waals surface area contributed by atoms with Crippen LogP contribution in [-0.4, -0.2) is 33.9 Å². The predicted molar refractivity (Wildman–Crippen MR) is 134 cm³/mol. The Kier molecular flexibility index (Phi) is 8.69. The quantitative estimate of drug-likeness (QED) is 0.241. The molecule has 0 fully saturated rings. The summed E-state index contributed by atoms with van der Waals surface area (Å²) in [5, 5.41) is 21.8. The van der Waals surface area contributed by atoms with E-state index in [9.17, 15) is 5.11 Å². The van der Waals surface area contributed by atoms with Gasteiger partial charge in [0.2, 0.25) is 0 Å². The lowest BCUT2D eigenvalue weighted by atomic mass is 10.0. The summed E-state index contributed by atoms with van der Waals surface area (Å²) in [4.78, 5) is 4.72. The van der Waals surface area contributed by atoms with E-state index in [1.54, 1.807) is 13.0 Å².